The number of carbonyl (C=O) groups is 1. The summed E-state index contributed by atoms with van der Waals surface area (Å²) in [5, 5.41) is 8.77. The van der Waals surface area contributed by atoms with Crippen LogP contribution in [0.1, 0.15) is 11.1 Å². The second kappa shape index (κ2) is 3.00. The average Bonchev–Trinajstić information content (AvgIpc) is 2.46. The van der Waals surface area contributed by atoms with Crippen molar-refractivity contribution in [1.82, 2.24) is 0 Å². The number of fused-ring (bicyclic) bond motifs is 1. The van der Waals surface area contributed by atoms with Crippen molar-refractivity contribution >= 4 is 28.0 Å². The van der Waals surface area contributed by atoms with Gasteiger partial charge in [-0.3, -0.25) is 0 Å². The van der Waals surface area contributed by atoms with Crippen molar-refractivity contribution in [1.29, 1.82) is 0 Å². The summed E-state index contributed by atoms with van der Waals surface area (Å²) in [5.74, 6) is -0.827. The first-order valence-corrected chi connectivity index (χ1v) is 4.68. The zero-order valence-corrected chi connectivity index (χ0v) is 8.34. The Morgan fingerprint density at radius 2 is 2.23 bits per heavy atom. The Morgan fingerprint density at radius 3 is 2.92 bits per heavy atom. The van der Waals surface area contributed by atoms with Crippen LogP contribution in [0.3, 0.4) is 0 Å². The zero-order valence-electron chi connectivity index (χ0n) is 6.75. The van der Waals surface area contributed by atoms with Crippen LogP contribution in [0.15, 0.2) is 28.2 Å². The van der Waals surface area contributed by atoms with Gasteiger partial charge in [-0.25, -0.2) is 4.79 Å². The number of carboxylic acid groups (broad SMARTS) is 1. The molecule has 2 rings (SSSR count). The Labute approximate surface area is 84.0 Å². The van der Waals surface area contributed by atoms with Crippen LogP contribution in [-0.2, 0) is 11.2 Å². The SMILES string of the molecule is O=C(O)C1=Cc2ccc(Br)cc2C1. The third-order valence-corrected chi connectivity index (χ3v) is 2.58. The molecule has 66 valence electrons. The van der Waals surface area contributed by atoms with Gasteiger partial charge < -0.3 is 5.11 Å². The minimum absolute atomic E-state index is 0.466. The molecule has 0 aromatic heterocycles. The van der Waals surface area contributed by atoms with Gasteiger partial charge in [0.1, 0.15) is 0 Å². The van der Waals surface area contributed by atoms with Crippen molar-refractivity contribution in [2.45, 2.75) is 6.42 Å². The van der Waals surface area contributed by atoms with Crippen molar-refractivity contribution in [3.8, 4) is 0 Å². The Hall–Kier alpha value is -1.09. The highest BCUT2D eigenvalue weighted by Gasteiger charge is 2.17. The molecule has 0 bridgehead atoms. The van der Waals surface area contributed by atoms with Crippen LogP contribution in [0.4, 0.5) is 0 Å². The van der Waals surface area contributed by atoms with Gasteiger partial charge in [-0.2, -0.15) is 0 Å². The predicted octanol–water partition coefficient (Wildman–Crippen LogP) is 2.47. The molecule has 0 radical (unpaired) electrons. The van der Waals surface area contributed by atoms with E-state index in [-0.39, 0.29) is 0 Å². The van der Waals surface area contributed by atoms with Crippen LogP contribution < -0.4 is 0 Å². The summed E-state index contributed by atoms with van der Waals surface area (Å²) in [6.07, 6.45) is 2.26. The molecule has 2 nitrogen and oxygen atoms in total. The summed E-state index contributed by atoms with van der Waals surface area (Å²) in [7, 11) is 0. The van der Waals surface area contributed by atoms with E-state index in [1.165, 1.54) is 0 Å². The van der Waals surface area contributed by atoms with Crippen molar-refractivity contribution in [2.24, 2.45) is 0 Å². The number of carboxylic acids is 1. The van der Waals surface area contributed by atoms with Crippen LogP contribution in [-0.4, -0.2) is 11.1 Å². The van der Waals surface area contributed by atoms with Gasteiger partial charge in [-0.15, -0.1) is 0 Å². The van der Waals surface area contributed by atoms with E-state index in [4.69, 9.17) is 5.11 Å². The molecule has 0 atom stereocenters. The van der Waals surface area contributed by atoms with E-state index in [0.717, 1.165) is 15.6 Å². The highest BCUT2D eigenvalue weighted by atomic mass is 79.9. The van der Waals surface area contributed by atoms with Gasteiger partial charge in [0.2, 0.25) is 0 Å². The molecule has 3 heteroatoms. The van der Waals surface area contributed by atoms with E-state index in [1.54, 1.807) is 6.08 Å². The summed E-state index contributed by atoms with van der Waals surface area (Å²) in [6, 6.07) is 5.80. The minimum atomic E-state index is -0.827. The highest BCUT2D eigenvalue weighted by Crippen LogP contribution is 2.27. The lowest BCUT2D eigenvalue weighted by Gasteiger charge is -1.97. The summed E-state index contributed by atoms with van der Waals surface area (Å²) in [6.45, 7) is 0. The van der Waals surface area contributed by atoms with Crippen LogP contribution in [0, 0.1) is 0 Å². The zero-order chi connectivity index (χ0) is 9.42. The molecule has 1 N–H and O–H groups in total. The molecule has 1 aromatic rings. The Balaban J connectivity index is 2.41. The summed E-state index contributed by atoms with van der Waals surface area (Å²) >= 11 is 3.35. The van der Waals surface area contributed by atoms with Crippen LogP contribution in [0.25, 0.3) is 6.08 Å². The van der Waals surface area contributed by atoms with Crippen LogP contribution >= 0.6 is 15.9 Å². The molecule has 1 aliphatic rings. The monoisotopic (exact) mass is 238 g/mol. The van der Waals surface area contributed by atoms with Gasteiger partial charge in [0, 0.05) is 16.5 Å². The number of benzene rings is 1. The predicted molar refractivity (Wildman–Crippen MR) is 53.5 cm³/mol. The Bertz CT molecular complexity index is 407. The van der Waals surface area contributed by atoms with Gasteiger partial charge in [0.25, 0.3) is 0 Å². The van der Waals surface area contributed by atoms with Gasteiger partial charge in [-0.05, 0) is 29.3 Å². The maximum Gasteiger partial charge on any atom is 0.331 e. The normalized spacial score (nSPS) is 13.8. The number of hydrogen-bond donors (Lipinski definition) is 1. The molecule has 1 aromatic carbocycles. The second-order valence-electron chi connectivity index (χ2n) is 2.99. The molecule has 1 aliphatic carbocycles. The summed E-state index contributed by atoms with van der Waals surface area (Å²) in [5.41, 5.74) is 2.56. The highest BCUT2D eigenvalue weighted by molar-refractivity contribution is 9.10. The summed E-state index contributed by atoms with van der Waals surface area (Å²) in [4.78, 5) is 10.7. The second-order valence-corrected chi connectivity index (χ2v) is 3.91. The number of hydrogen-bond acceptors (Lipinski definition) is 1. The van der Waals surface area contributed by atoms with E-state index in [2.05, 4.69) is 15.9 Å². The van der Waals surface area contributed by atoms with Crippen LogP contribution in [0.2, 0.25) is 0 Å². The molecule has 0 saturated heterocycles. The van der Waals surface area contributed by atoms with Gasteiger partial charge in [0.15, 0.2) is 0 Å². The molecule has 0 heterocycles. The topological polar surface area (TPSA) is 37.3 Å². The third-order valence-electron chi connectivity index (χ3n) is 2.09. The lowest BCUT2D eigenvalue weighted by molar-refractivity contribution is -0.132. The molecular formula is C10H7BrO2. The minimum Gasteiger partial charge on any atom is -0.478 e. The van der Waals surface area contributed by atoms with E-state index in [1.807, 2.05) is 18.2 Å². The molecule has 0 spiro atoms. The molecule has 0 saturated carbocycles. The average molecular weight is 239 g/mol. The summed E-state index contributed by atoms with van der Waals surface area (Å²) < 4.78 is 0.992. The van der Waals surface area contributed by atoms with Gasteiger partial charge >= 0.3 is 5.97 Å². The molecule has 0 amide bonds. The molecule has 0 aliphatic heterocycles. The first kappa shape index (κ1) is 8.51. The van der Waals surface area contributed by atoms with Crippen LogP contribution in [0.5, 0.6) is 0 Å². The van der Waals surface area contributed by atoms with Crippen molar-refractivity contribution in [2.75, 3.05) is 0 Å². The third kappa shape index (κ3) is 1.52. The first-order valence-electron chi connectivity index (χ1n) is 3.89. The van der Waals surface area contributed by atoms with Crippen molar-refractivity contribution in [3.63, 3.8) is 0 Å². The van der Waals surface area contributed by atoms with E-state index in [0.29, 0.717) is 12.0 Å². The maximum absolute atomic E-state index is 10.7. The maximum atomic E-state index is 10.7. The largest absolute Gasteiger partial charge is 0.478 e. The fourth-order valence-electron chi connectivity index (χ4n) is 1.45. The van der Waals surface area contributed by atoms with Gasteiger partial charge in [0.05, 0.1) is 0 Å². The fraction of sp³-hybridized carbons (Fsp3) is 0.100. The molecule has 13 heavy (non-hydrogen) atoms. The fourth-order valence-corrected chi connectivity index (χ4v) is 1.86. The van der Waals surface area contributed by atoms with Gasteiger partial charge in [-0.1, -0.05) is 22.0 Å². The Morgan fingerprint density at radius 1 is 1.46 bits per heavy atom. The molecule has 0 fully saturated rings. The first-order chi connectivity index (χ1) is 6.16. The van der Waals surface area contributed by atoms with Crippen molar-refractivity contribution in [3.05, 3.63) is 39.4 Å². The lowest BCUT2D eigenvalue weighted by Crippen LogP contribution is -1.99. The van der Waals surface area contributed by atoms with E-state index in [9.17, 15) is 4.79 Å². The molecular weight excluding hydrogens is 232 g/mol. The lowest BCUT2D eigenvalue weighted by atomic mass is 10.1. The van der Waals surface area contributed by atoms with E-state index >= 15 is 0 Å². The van der Waals surface area contributed by atoms with E-state index < -0.39 is 5.97 Å². The number of rotatable bonds is 1. The number of aliphatic carboxylic acids is 1. The molecule has 0 unspecified atom stereocenters. The quantitative estimate of drug-likeness (QED) is 0.817. The van der Waals surface area contributed by atoms with Crippen molar-refractivity contribution < 1.29 is 9.90 Å². The smallest absolute Gasteiger partial charge is 0.331 e. The Kier molecular flexibility index (Phi) is 1.96. The number of halogens is 1. The standard InChI is InChI=1S/C10H7BrO2/c11-9-2-1-6-3-8(10(12)13)4-7(6)5-9/h1-3,5H,4H2,(H,12,13).